The molecule has 2 aromatic rings. The third kappa shape index (κ3) is 3.95. The molecular formula is C18H20N2O2. The largest absolute Gasteiger partial charge is 0.332 e. The molecule has 0 heterocycles. The lowest BCUT2D eigenvalue weighted by atomic mass is 10.1. The van der Waals surface area contributed by atoms with Crippen molar-refractivity contribution in [2.24, 2.45) is 0 Å². The van der Waals surface area contributed by atoms with Crippen LogP contribution in [-0.2, 0) is 4.79 Å². The second kappa shape index (κ2) is 6.89. The fraction of sp³-hybridized carbons (Fsp3) is 0.222. The number of rotatable bonds is 4. The molecule has 0 saturated carbocycles. The van der Waals surface area contributed by atoms with E-state index in [-0.39, 0.29) is 18.4 Å². The van der Waals surface area contributed by atoms with E-state index >= 15 is 0 Å². The van der Waals surface area contributed by atoms with Gasteiger partial charge in [-0.1, -0.05) is 24.3 Å². The Morgan fingerprint density at radius 3 is 2.32 bits per heavy atom. The molecule has 0 radical (unpaired) electrons. The van der Waals surface area contributed by atoms with E-state index in [9.17, 15) is 9.59 Å². The number of benzene rings is 2. The van der Waals surface area contributed by atoms with Crippen LogP contribution in [-0.4, -0.2) is 30.3 Å². The van der Waals surface area contributed by atoms with Gasteiger partial charge in [-0.15, -0.1) is 0 Å². The molecule has 0 saturated heterocycles. The number of amides is 2. The molecule has 0 aliphatic rings. The van der Waals surface area contributed by atoms with Crippen molar-refractivity contribution in [2.45, 2.75) is 13.8 Å². The monoisotopic (exact) mass is 296 g/mol. The zero-order chi connectivity index (χ0) is 16.1. The Morgan fingerprint density at radius 1 is 1.00 bits per heavy atom. The molecule has 4 heteroatoms. The summed E-state index contributed by atoms with van der Waals surface area (Å²) in [6, 6.07) is 14.7. The maximum atomic E-state index is 12.2. The fourth-order valence-electron chi connectivity index (χ4n) is 2.11. The molecule has 0 bridgehead atoms. The molecule has 0 aliphatic heterocycles. The van der Waals surface area contributed by atoms with Crippen molar-refractivity contribution in [3.8, 4) is 0 Å². The van der Waals surface area contributed by atoms with E-state index in [1.807, 2.05) is 38.1 Å². The number of hydrogen-bond donors (Lipinski definition) is 1. The van der Waals surface area contributed by atoms with Crippen LogP contribution in [0.5, 0.6) is 0 Å². The molecule has 114 valence electrons. The molecule has 4 nitrogen and oxygen atoms in total. The number of carbonyl (C=O) groups is 2. The average Bonchev–Trinajstić information content (AvgIpc) is 2.51. The SMILES string of the molecule is Cc1ccc(NC(=O)CN(C)C(=O)c2ccccc2)cc1C. The van der Waals surface area contributed by atoms with Crippen LogP contribution < -0.4 is 5.32 Å². The normalized spacial score (nSPS) is 10.1. The smallest absolute Gasteiger partial charge is 0.254 e. The van der Waals surface area contributed by atoms with Crippen LogP contribution >= 0.6 is 0 Å². The lowest BCUT2D eigenvalue weighted by molar-refractivity contribution is -0.116. The van der Waals surface area contributed by atoms with Crippen LogP contribution in [0.15, 0.2) is 48.5 Å². The average molecular weight is 296 g/mol. The van der Waals surface area contributed by atoms with Crippen LogP contribution in [0.3, 0.4) is 0 Å². The number of carbonyl (C=O) groups excluding carboxylic acids is 2. The zero-order valence-corrected chi connectivity index (χ0v) is 13.1. The van der Waals surface area contributed by atoms with Crippen molar-refractivity contribution in [2.75, 3.05) is 18.9 Å². The predicted octanol–water partition coefficient (Wildman–Crippen LogP) is 3.01. The van der Waals surface area contributed by atoms with E-state index in [2.05, 4.69) is 5.32 Å². The van der Waals surface area contributed by atoms with E-state index in [1.54, 1.807) is 31.3 Å². The Hall–Kier alpha value is -2.62. The molecule has 2 amide bonds. The topological polar surface area (TPSA) is 49.4 Å². The maximum Gasteiger partial charge on any atom is 0.254 e. The minimum Gasteiger partial charge on any atom is -0.332 e. The zero-order valence-electron chi connectivity index (χ0n) is 13.1. The second-order valence-electron chi connectivity index (χ2n) is 5.37. The van der Waals surface area contributed by atoms with Crippen LogP contribution in [0.25, 0.3) is 0 Å². The lowest BCUT2D eigenvalue weighted by Gasteiger charge is -2.17. The number of aryl methyl sites for hydroxylation is 2. The molecule has 22 heavy (non-hydrogen) atoms. The Labute approximate surface area is 130 Å². The fourth-order valence-corrected chi connectivity index (χ4v) is 2.11. The van der Waals surface area contributed by atoms with Gasteiger partial charge in [0.05, 0.1) is 6.54 Å². The highest BCUT2D eigenvalue weighted by atomic mass is 16.2. The first-order valence-corrected chi connectivity index (χ1v) is 7.15. The van der Waals surface area contributed by atoms with Crippen molar-refractivity contribution in [1.29, 1.82) is 0 Å². The van der Waals surface area contributed by atoms with Gasteiger partial charge < -0.3 is 10.2 Å². The van der Waals surface area contributed by atoms with Gasteiger partial charge in [0.1, 0.15) is 0 Å². The molecule has 2 aromatic carbocycles. The predicted molar refractivity (Wildman–Crippen MR) is 87.9 cm³/mol. The van der Waals surface area contributed by atoms with Crippen molar-refractivity contribution >= 4 is 17.5 Å². The molecule has 0 spiro atoms. The Bertz CT molecular complexity index is 681. The molecular weight excluding hydrogens is 276 g/mol. The van der Waals surface area contributed by atoms with E-state index in [4.69, 9.17) is 0 Å². The van der Waals surface area contributed by atoms with Crippen LogP contribution in [0, 0.1) is 13.8 Å². The molecule has 0 aromatic heterocycles. The van der Waals surface area contributed by atoms with E-state index < -0.39 is 0 Å². The quantitative estimate of drug-likeness (QED) is 0.943. The number of likely N-dealkylation sites (N-methyl/N-ethyl adjacent to an activating group) is 1. The van der Waals surface area contributed by atoms with E-state index in [0.717, 1.165) is 11.3 Å². The van der Waals surface area contributed by atoms with Crippen molar-refractivity contribution in [1.82, 2.24) is 4.90 Å². The van der Waals surface area contributed by atoms with Gasteiger partial charge in [-0.3, -0.25) is 9.59 Å². The highest BCUT2D eigenvalue weighted by molar-refractivity contribution is 5.99. The highest BCUT2D eigenvalue weighted by Gasteiger charge is 2.14. The minimum atomic E-state index is -0.213. The summed E-state index contributed by atoms with van der Waals surface area (Å²) in [4.78, 5) is 25.6. The molecule has 0 atom stereocenters. The number of hydrogen-bond acceptors (Lipinski definition) is 2. The van der Waals surface area contributed by atoms with Gasteiger partial charge in [-0.05, 0) is 49.2 Å². The number of nitrogens with one attached hydrogen (secondary N) is 1. The molecule has 0 unspecified atom stereocenters. The minimum absolute atomic E-state index is 0.0145. The van der Waals surface area contributed by atoms with Crippen LogP contribution in [0.4, 0.5) is 5.69 Å². The van der Waals surface area contributed by atoms with Crippen LogP contribution in [0.1, 0.15) is 21.5 Å². The van der Waals surface area contributed by atoms with Crippen molar-refractivity contribution in [3.05, 3.63) is 65.2 Å². The molecule has 2 rings (SSSR count). The summed E-state index contributed by atoms with van der Waals surface area (Å²) in [5, 5.41) is 2.81. The first-order chi connectivity index (χ1) is 10.5. The van der Waals surface area contributed by atoms with E-state index in [1.165, 1.54) is 10.5 Å². The van der Waals surface area contributed by atoms with Crippen LogP contribution in [0.2, 0.25) is 0 Å². The standard InChI is InChI=1S/C18H20N2O2/c1-13-9-10-16(11-14(13)2)19-17(21)12-20(3)18(22)15-7-5-4-6-8-15/h4-11H,12H2,1-3H3,(H,19,21). The summed E-state index contributed by atoms with van der Waals surface area (Å²) in [6.07, 6.45) is 0. The van der Waals surface area contributed by atoms with Gasteiger partial charge >= 0.3 is 0 Å². The van der Waals surface area contributed by atoms with Crippen molar-refractivity contribution < 1.29 is 9.59 Å². The summed E-state index contributed by atoms with van der Waals surface area (Å²) in [7, 11) is 1.62. The van der Waals surface area contributed by atoms with Gasteiger partial charge in [0.15, 0.2) is 0 Å². The Kier molecular flexibility index (Phi) is 4.94. The number of nitrogens with zero attached hydrogens (tertiary/aromatic N) is 1. The van der Waals surface area contributed by atoms with Gasteiger partial charge in [0, 0.05) is 18.3 Å². The first-order valence-electron chi connectivity index (χ1n) is 7.15. The van der Waals surface area contributed by atoms with Gasteiger partial charge in [-0.25, -0.2) is 0 Å². The maximum absolute atomic E-state index is 12.2. The Balaban J connectivity index is 1.96. The summed E-state index contributed by atoms with van der Waals surface area (Å²) in [5.74, 6) is -0.383. The van der Waals surface area contributed by atoms with E-state index in [0.29, 0.717) is 5.56 Å². The summed E-state index contributed by atoms with van der Waals surface area (Å²) < 4.78 is 0. The highest BCUT2D eigenvalue weighted by Crippen LogP contribution is 2.14. The first kappa shape index (κ1) is 15.8. The summed E-state index contributed by atoms with van der Waals surface area (Å²) in [5.41, 5.74) is 3.61. The van der Waals surface area contributed by atoms with Crippen molar-refractivity contribution in [3.63, 3.8) is 0 Å². The number of anilines is 1. The van der Waals surface area contributed by atoms with Gasteiger partial charge in [0.25, 0.3) is 5.91 Å². The molecule has 1 N–H and O–H groups in total. The molecule has 0 aliphatic carbocycles. The molecule has 0 fully saturated rings. The third-order valence-corrected chi connectivity index (χ3v) is 3.54. The summed E-state index contributed by atoms with van der Waals surface area (Å²) >= 11 is 0. The summed E-state index contributed by atoms with van der Waals surface area (Å²) in [6.45, 7) is 4.03. The lowest BCUT2D eigenvalue weighted by Crippen LogP contribution is -2.34. The second-order valence-corrected chi connectivity index (χ2v) is 5.37. The third-order valence-electron chi connectivity index (χ3n) is 3.54. The van der Waals surface area contributed by atoms with Gasteiger partial charge in [-0.2, -0.15) is 0 Å². The van der Waals surface area contributed by atoms with Gasteiger partial charge in [0.2, 0.25) is 5.91 Å². The Morgan fingerprint density at radius 2 is 1.68 bits per heavy atom.